The molecule has 10 heteroatoms. The van der Waals surface area contributed by atoms with Crippen molar-refractivity contribution in [1.82, 2.24) is 9.80 Å². The highest BCUT2D eigenvalue weighted by Crippen LogP contribution is 2.65. The van der Waals surface area contributed by atoms with Gasteiger partial charge in [-0.05, 0) is 98.2 Å². The predicted molar refractivity (Wildman–Crippen MR) is 166 cm³/mol. The number of amides is 1. The molecule has 7 rings (SSSR count). The first-order chi connectivity index (χ1) is 21.9. The SMILES string of the molecule is CC(C)CN(C(=O)C=Cc1cccc(C(F)(F)F)c1)C1CC[C@H]2[C@H]3Cc4cc(C(=O)CO)c(O)c5c4[C@@]2(CCN3CC2CC2)C1O5. The number of aliphatic hydroxyl groups is 1. The van der Waals surface area contributed by atoms with E-state index in [4.69, 9.17) is 4.74 Å². The van der Waals surface area contributed by atoms with Gasteiger partial charge in [-0.3, -0.25) is 14.5 Å². The number of ether oxygens (including phenoxy) is 1. The number of aliphatic hydroxyl groups excluding tert-OH is 1. The third kappa shape index (κ3) is 5.12. The van der Waals surface area contributed by atoms with Crippen molar-refractivity contribution in [2.24, 2.45) is 17.8 Å². The zero-order valence-electron chi connectivity index (χ0n) is 26.2. The Kier molecular flexibility index (Phi) is 7.74. The molecule has 3 fully saturated rings. The van der Waals surface area contributed by atoms with Crippen molar-refractivity contribution >= 4 is 17.8 Å². The molecule has 0 radical (unpaired) electrons. The second kappa shape index (κ2) is 11.4. The minimum Gasteiger partial charge on any atom is -0.504 e. The number of hydrogen-bond donors (Lipinski definition) is 2. The molecule has 1 spiro atoms. The number of piperidine rings is 1. The van der Waals surface area contributed by atoms with Crippen LogP contribution in [0.3, 0.4) is 0 Å². The lowest BCUT2D eigenvalue weighted by molar-refractivity contribution is -0.139. The zero-order valence-corrected chi connectivity index (χ0v) is 26.2. The second-order valence-electron chi connectivity index (χ2n) is 14.3. The monoisotopic (exact) mass is 638 g/mol. The van der Waals surface area contributed by atoms with Gasteiger partial charge in [-0.25, -0.2) is 0 Å². The average Bonchev–Trinajstić information content (AvgIpc) is 3.77. The summed E-state index contributed by atoms with van der Waals surface area (Å²) in [5, 5.41) is 21.1. The standard InChI is InChI=1S/C36H41F3N2O5/c1-20(2)17-41(30(44)11-8-21-4-3-5-24(14-21)36(37,38)39)27-10-9-26-28-16-23-15-25(29(43)19-42)32(45)33-31(23)35(26,34(27)46-33)12-13-40(28)18-22-6-7-22/h3-5,8,11,14-15,20,22,26-28,34,42,45H,6-7,9-10,12-13,16-19H2,1-2H3/t26-,27?,28+,34?,35-/m0/s1. The molecule has 1 saturated heterocycles. The lowest BCUT2D eigenvalue weighted by Crippen LogP contribution is -2.69. The van der Waals surface area contributed by atoms with Crippen molar-refractivity contribution in [1.29, 1.82) is 0 Å². The lowest BCUT2D eigenvalue weighted by atomic mass is 9.50. The van der Waals surface area contributed by atoms with Gasteiger partial charge in [0.25, 0.3) is 0 Å². The Morgan fingerprint density at radius 3 is 2.65 bits per heavy atom. The van der Waals surface area contributed by atoms with Gasteiger partial charge >= 0.3 is 6.18 Å². The van der Waals surface area contributed by atoms with Gasteiger partial charge in [0, 0.05) is 36.2 Å². The van der Waals surface area contributed by atoms with Gasteiger partial charge in [0.05, 0.1) is 17.2 Å². The van der Waals surface area contributed by atoms with Crippen molar-refractivity contribution in [2.45, 2.75) is 82.2 Å². The van der Waals surface area contributed by atoms with E-state index >= 15 is 0 Å². The highest BCUT2D eigenvalue weighted by Gasteiger charge is 2.67. The van der Waals surface area contributed by atoms with Gasteiger partial charge in [0.15, 0.2) is 17.3 Å². The maximum absolute atomic E-state index is 14.0. The topological polar surface area (TPSA) is 90.3 Å². The minimum atomic E-state index is -4.48. The summed E-state index contributed by atoms with van der Waals surface area (Å²) in [5.41, 5.74) is 1.05. The number of likely N-dealkylation sites (tertiary alicyclic amines) is 1. The molecule has 2 aliphatic heterocycles. The number of carbonyl (C=O) groups is 2. The number of hydrogen-bond acceptors (Lipinski definition) is 6. The first kappa shape index (κ1) is 31.2. The number of carbonyl (C=O) groups excluding carboxylic acids is 2. The van der Waals surface area contributed by atoms with Crippen LogP contribution in [-0.2, 0) is 22.8 Å². The van der Waals surface area contributed by atoms with E-state index in [0.29, 0.717) is 24.6 Å². The summed E-state index contributed by atoms with van der Waals surface area (Å²) in [7, 11) is 0. The van der Waals surface area contributed by atoms with E-state index in [1.54, 1.807) is 12.1 Å². The molecule has 2 N–H and O–H groups in total. The highest BCUT2D eigenvalue weighted by molar-refractivity contribution is 6.01. The number of alkyl halides is 3. The number of Topliss-reactive ketones (excluding diaryl/α,β-unsaturated/α-hetero) is 1. The van der Waals surface area contributed by atoms with E-state index in [9.17, 15) is 33.0 Å². The van der Waals surface area contributed by atoms with Crippen LogP contribution in [0.15, 0.2) is 36.4 Å². The first-order valence-electron chi connectivity index (χ1n) is 16.5. The highest BCUT2D eigenvalue weighted by atomic mass is 19.4. The number of phenols is 1. The Labute approximate surface area is 267 Å². The zero-order chi connectivity index (χ0) is 32.5. The van der Waals surface area contributed by atoms with Crippen LogP contribution >= 0.6 is 0 Å². The molecule has 5 atom stereocenters. The quantitative estimate of drug-likeness (QED) is 0.275. The smallest absolute Gasteiger partial charge is 0.416 e. The molecule has 0 aromatic heterocycles. The molecule has 7 nitrogen and oxygen atoms in total. The fourth-order valence-corrected chi connectivity index (χ4v) is 9.01. The Morgan fingerprint density at radius 2 is 1.96 bits per heavy atom. The number of rotatable bonds is 9. The van der Waals surface area contributed by atoms with Crippen LogP contribution in [0.2, 0.25) is 0 Å². The maximum Gasteiger partial charge on any atom is 0.416 e. The van der Waals surface area contributed by atoms with Gasteiger partial charge in [-0.2, -0.15) is 13.2 Å². The largest absolute Gasteiger partial charge is 0.504 e. The number of benzene rings is 2. The Bertz CT molecular complexity index is 1580. The molecule has 3 aliphatic carbocycles. The third-order valence-electron chi connectivity index (χ3n) is 11.0. The number of halogens is 3. The van der Waals surface area contributed by atoms with Gasteiger partial charge in [-0.15, -0.1) is 0 Å². The molecule has 1 amide bonds. The van der Waals surface area contributed by atoms with Crippen LogP contribution in [-0.4, -0.2) is 76.1 Å². The van der Waals surface area contributed by atoms with Crippen LogP contribution in [0.4, 0.5) is 13.2 Å². The summed E-state index contributed by atoms with van der Waals surface area (Å²) in [6, 6.07) is 6.57. The van der Waals surface area contributed by atoms with Crippen molar-refractivity contribution in [3.63, 3.8) is 0 Å². The van der Waals surface area contributed by atoms with Gasteiger partial charge in [0.1, 0.15) is 12.7 Å². The molecule has 2 aromatic carbocycles. The van der Waals surface area contributed by atoms with Crippen LogP contribution in [0.5, 0.6) is 11.5 Å². The van der Waals surface area contributed by atoms with E-state index in [1.807, 2.05) is 18.7 Å². The molecule has 2 saturated carbocycles. The number of phenolic OH excluding ortho intramolecular Hbond substituents is 1. The number of ketones is 1. The van der Waals surface area contributed by atoms with Crippen LogP contribution in [0, 0.1) is 17.8 Å². The normalized spacial score (nSPS) is 28.3. The summed E-state index contributed by atoms with van der Waals surface area (Å²) in [6.45, 7) is 5.68. The lowest BCUT2D eigenvalue weighted by Gasteiger charge is -2.60. The van der Waals surface area contributed by atoms with Crippen LogP contribution in [0.1, 0.15) is 78.6 Å². The summed E-state index contributed by atoms with van der Waals surface area (Å²) in [5.74, 6) is 0.276. The Morgan fingerprint density at radius 1 is 1.17 bits per heavy atom. The second-order valence-corrected chi connectivity index (χ2v) is 14.3. The third-order valence-corrected chi connectivity index (χ3v) is 11.0. The molecule has 246 valence electrons. The van der Waals surface area contributed by atoms with E-state index in [0.717, 1.165) is 55.6 Å². The Balaban J connectivity index is 1.27. The average molecular weight is 639 g/mol. The van der Waals surface area contributed by atoms with E-state index < -0.39 is 35.6 Å². The first-order valence-corrected chi connectivity index (χ1v) is 16.5. The number of nitrogens with zero attached hydrogens (tertiary/aromatic N) is 2. The Hall–Kier alpha value is -3.37. The summed E-state index contributed by atoms with van der Waals surface area (Å²) < 4.78 is 46.8. The molecule has 2 unspecified atom stereocenters. The molecule has 46 heavy (non-hydrogen) atoms. The van der Waals surface area contributed by atoms with Gasteiger partial charge < -0.3 is 19.8 Å². The van der Waals surface area contributed by atoms with E-state index in [2.05, 4.69) is 4.90 Å². The van der Waals surface area contributed by atoms with Crippen molar-refractivity contribution < 1.29 is 37.7 Å². The molecular weight excluding hydrogens is 597 g/mol. The van der Waals surface area contributed by atoms with Gasteiger partial charge in [-0.1, -0.05) is 26.0 Å². The summed E-state index contributed by atoms with van der Waals surface area (Å²) in [4.78, 5) is 31.2. The summed E-state index contributed by atoms with van der Waals surface area (Å²) >= 11 is 0. The van der Waals surface area contributed by atoms with Crippen molar-refractivity contribution in [3.8, 4) is 11.5 Å². The van der Waals surface area contributed by atoms with Crippen molar-refractivity contribution in [2.75, 3.05) is 26.2 Å². The molecule has 2 heterocycles. The molecular formula is C36H41F3N2O5. The predicted octanol–water partition coefficient (Wildman–Crippen LogP) is 5.60. The van der Waals surface area contributed by atoms with E-state index in [1.165, 1.54) is 31.1 Å². The fourth-order valence-electron chi connectivity index (χ4n) is 9.01. The summed E-state index contributed by atoms with van der Waals surface area (Å²) in [6.07, 6.45) is 3.44. The maximum atomic E-state index is 14.0. The molecule has 2 aromatic rings. The molecule has 2 bridgehead atoms. The van der Waals surface area contributed by atoms with Crippen LogP contribution < -0.4 is 4.74 Å². The van der Waals surface area contributed by atoms with E-state index in [-0.39, 0.29) is 46.7 Å². The van der Waals surface area contributed by atoms with Crippen LogP contribution in [0.25, 0.3) is 6.08 Å². The van der Waals surface area contributed by atoms with Crippen molar-refractivity contribution in [3.05, 3.63) is 64.2 Å². The molecule has 5 aliphatic rings. The fraction of sp³-hybridized carbons (Fsp3) is 0.556. The number of aromatic hydroxyl groups is 1. The van der Waals surface area contributed by atoms with Gasteiger partial charge in [0.2, 0.25) is 5.91 Å². The minimum absolute atomic E-state index is 0.0623.